The Morgan fingerprint density at radius 1 is 1.35 bits per heavy atom. The van der Waals surface area contributed by atoms with E-state index in [4.69, 9.17) is 20.8 Å². The summed E-state index contributed by atoms with van der Waals surface area (Å²) in [4.78, 5) is 0. The van der Waals surface area contributed by atoms with Crippen molar-refractivity contribution >= 4 is 11.6 Å². The first-order valence-electron chi connectivity index (χ1n) is 6.41. The Hall–Kier alpha value is -1.36. The summed E-state index contributed by atoms with van der Waals surface area (Å²) >= 11 is 5.85. The smallest absolute Gasteiger partial charge is 0.141 e. The fraction of sp³-hybridized carbons (Fsp3) is 0.333. The van der Waals surface area contributed by atoms with Gasteiger partial charge in [-0.05, 0) is 36.4 Å². The fourth-order valence-corrected chi connectivity index (χ4v) is 2.24. The third-order valence-corrected chi connectivity index (χ3v) is 3.23. The molecule has 1 N–H and O–H groups in total. The Morgan fingerprint density at radius 3 is 2.80 bits per heavy atom. The lowest BCUT2D eigenvalue weighted by molar-refractivity contribution is 0.162. The zero-order valence-corrected chi connectivity index (χ0v) is 12.2. The van der Waals surface area contributed by atoms with Crippen LogP contribution in [-0.4, -0.2) is 13.7 Å². The third kappa shape index (κ3) is 3.39. The van der Waals surface area contributed by atoms with Gasteiger partial charge >= 0.3 is 0 Å². The molecule has 1 aromatic carbocycles. The minimum absolute atomic E-state index is 0.106. The van der Waals surface area contributed by atoms with Crippen LogP contribution < -0.4 is 5.32 Å². The van der Waals surface area contributed by atoms with Crippen LogP contribution in [0.2, 0.25) is 5.02 Å². The van der Waals surface area contributed by atoms with Gasteiger partial charge in [-0.1, -0.05) is 24.6 Å². The molecule has 0 aliphatic heterocycles. The SMILES string of the molecule is CCNC(c1ccc(F)c(Cl)c1)c1ccc(COC)o1. The predicted molar refractivity (Wildman–Crippen MR) is 76.4 cm³/mol. The molecule has 2 aromatic rings. The molecule has 0 aliphatic rings. The number of ether oxygens (including phenoxy) is 1. The number of hydrogen-bond acceptors (Lipinski definition) is 3. The fourth-order valence-electron chi connectivity index (χ4n) is 2.05. The van der Waals surface area contributed by atoms with Crippen LogP contribution in [0.4, 0.5) is 4.39 Å². The summed E-state index contributed by atoms with van der Waals surface area (Å²) in [5.41, 5.74) is 0.858. The molecule has 1 unspecified atom stereocenters. The number of rotatable bonds is 6. The van der Waals surface area contributed by atoms with E-state index in [1.165, 1.54) is 6.07 Å². The average Bonchev–Trinajstić information content (AvgIpc) is 2.88. The second-order valence-corrected chi connectivity index (χ2v) is 4.81. The van der Waals surface area contributed by atoms with Crippen LogP contribution >= 0.6 is 11.6 Å². The molecule has 0 radical (unpaired) electrons. The first-order valence-corrected chi connectivity index (χ1v) is 6.79. The van der Waals surface area contributed by atoms with Gasteiger partial charge in [-0.2, -0.15) is 0 Å². The molecule has 0 spiro atoms. The van der Waals surface area contributed by atoms with Gasteiger partial charge < -0.3 is 14.5 Å². The standard InChI is InChI=1S/C15H17ClFNO2/c1-3-18-15(10-4-6-13(17)12(16)8-10)14-7-5-11(20-14)9-19-2/h4-8,15,18H,3,9H2,1-2H3. The van der Waals surface area contributed by atoms with Crippen LogP contribution in [0.5, 0.6) is 0 Å². The molecular formula is C15H17ClFNO2. The van der Waals surface area contributed by atoms with E-state index in [9.17, 15) is 4.39 Å². The van der Waals surface area contributed by atoms with Crippen molar-refractivity contribution in [1.82, 2.24) is 5.32 Å². The maximum Gasteiger partial charge on any atom is 0.141 e. The van der Waals surface area contributed by atoms with Gasteiger partial charge in [0.05, 0.1) is 11.1 Å². The lowest BCUT2D eigenvalue weighted by Gasteiger charge is -2.16. The van der Waals surface area contributed by atoms with Crippen molar-refractivity contribution in [3.63, 3.8) is 0 Å². The van der Waals surface area contributed by atoms with Gasteiger partial charge in [-0.15, -0.1) is 0 Å². The number of halogens is 2. The summed E-state index contributed by atoms with van der Waals surface area (Å²) < 4.78 is 24.0. The first-order chi connectivity index (χ1) is 9.65. The van der Waals surface area contributed by atoms with Crippen molar-refractivity contribution in [1.29, 1.82) is 0 Å². The summed E-state index contributed by atoms with van der Waals surface area (Å²) in [5, 5.41) is 3.41. The molecule has 20 heavy (non-hydrogen) atoms. The summed E-state index contributed by atoms with van der Waals surface area (Å²) in [6.07, 6.45) is 0. The van der Waals surface area contributed by atoms with E-state index in [0.717, 1.165) is 23.6 Å². The Bertz CT molecular complexity index is 571. The highest BCUT2D eigenvalue weighted by atomic mass is 35.5. The van der Waals surface area contributed by atoms with Gasteiger partial charge in [0.2, 0.25) is 0 Å². The molecule has 0 fully saturated rings. The lowest BCUT2D eigenvalue weighted by atomic mass is 10.0. The van der Waals surface area contributed by atoms with E-state index in [1.807, 2.05) is 19.1 Å². The molecule has 1 atom stereocenters. The van der Waals surface area contributed by atoms with Crippen LogP contribution in [0.1, 0.15) is 30.0 Å². The minimum Gasteiger partial charge on any atom is -0.462 e. The molecule has 3 nitrogen and oxygen atoms in total. The Labute approximate surface area is 122 Å². The number of hydrogen-bond donors (Lipinski definition) is 1. The molecule has 108 valence electrons. The predicted octanol–water partition coefficient (Wildman–Crippen LogP) is 3.92. The van der Waals surface area contributed by atoms with Gasteiger partial charge in [0, 0.05) is 7.11 Å². The molecule has 5 heteroatoms. The van der Waals surface area contributed by atoms with Crippen LogP contribution in [-0.2, 0) is 11.3 Å². The van der Waals surface area contributed by atoms with Gasteiger partial charge in [-0.25, -0.2) is 4.39 Å². The van der Waals surface area contributed by atoms with Crippen molar-refractivity contribution in [3.05, 3.63) is 58.3 Å². The largest absolute Gasteiger partial charge is 0.462 e. The number of nitrogens with one attached hydrogen (secondary N) is 1. The lowest BCUT2D eigenvalue weighted by Crippen LogP contribution is -2.21. The van der Waals surface area contributed by atoms with E-state index in [0.29, 0.717) is 6.61 Å². The monoisotopic (exact) mass is 297 g/mol. The van der Waals surface area contributed by atoms with Crippen molar-refractivity contribution < 1.29 is 13.5 Å². The van der Waals surface area contributed by atoms with Gasteiger partial charge in [-0.3, -0.25) is 0 Å². The van der Waals surface area contributed by atoms with Gasteiger partial charge in [0.25, 0.3) is 0 Å². The molecular weight excluding hydrogens is 281 g/mol. The van der Waals surface area contributed by atoms with Gasteiger partial charge in [0.1, 0.15) is 23.9 Å². The van der Waals surface area contributed by atoms with Crippen LogP contribution in [0, 0.1) is 5.82 Å². The molecule has 2 rings (SSSR count). The molecule has 0 amide bonds. The van der Waals surface area contributed by atoms with Crippen molar-refractivity contribution in [3.8, 4) is 0 Å². The second kappa shape index (κ2) is 6.88. The Kier molecular flexibility index (Phi) is 5.17. The normalized spacial score (nSPS) is 12.6. The molecule has 0 saturated carbocycles. The van der Waals surface area contributed by atoms with E-state index in [-0.39, 0.29) is 11.1 Å². The second-order valence-electron chi connectivity index (χ2n) is 4.40. The molecule has 0 bridgehead atoms. The number of furan rings is 1. The highest BCUT2D eigenvalue weighted by Gasteiger charge is 2.18. The third-order valence-electron chi connectivity index (χ3n) is 2.94. The number of methoxy groups -OCH3 is 1. The van der Waals surface area contributed by atoms with Crippen LogP contribution in [0.15, 0.2) is 34.7 Å². The zero-order valence-electron chi connectivity index (χ0n) is 11.5. The maximum atomic E-state index is 13.3. The first kappa shape index (κ1) is 15.0. The zero-order chi connectivity index (χ0) is 14.5. The molecule has 0 saturated heterocycles. The van der Waals surface area contributed by atoms with E-state index in [1.54, 1.807) is 19.2 Å². The molecule has 0 aliphatic carbocycles. The molecule has 1 aromatic heterocycles. The van der Waals surface area contributed by atoms with E-state index >= 15 is 0 Å². The topological polar surface area (TPSA) is 34.4 Å². The van der Waals surface area contributed by atoms with E-state index < -0.39 is 5.82 Å². The van der Waals surface area contributed by atoms with Crippen molar-refractivity contribution in [2.75, 3.05) is 13.7 Å². The van der Waals surface area contributed by atoms with Crippen LogP contribution in [0.3, 0.4) is 0 Å². The Morgan fingerprint density at radius 2 is 2.15 bits per heavy atom. The van der Waals surface area contributed by atoms with Gasteiger partial charge in [0.15, 0.2) is 0 Å². The summed E-state index contributed by atoms with van der Waals surface area (Å²) in [7, 11) is 1.61. The van der Waals surface area contributed by atoms with E-state index in [2.05, 4.69) is 5.32 Å². The Balaban J connectivity index is 2.31. The quantitative estimate of drug-likeness (QED) is 0.877. The maximum absolute atomic E-state index is 13.3. The minimum atomic E-state index is -0.426. The summed E-state index contributed by atoms with van der Waals surface area (Å²) in [6, 6.07) is 8.27. The summed E-state index contributed by atoms with van der Waals surface area (Å²) in [6.45, 7) is 3.17. The highest BCUT2D eigenvalue weighted by Crippen LogP contribution is 2.27. The number of benzene rings is 1. The van der Waals surface area contributed by atoms with Crippen molar-refractivity contribution in [2.45, 2.75) is 19.6 Å². The van der Waals surface area contributed by atoms with Crippen molar-refractivity contribution in [2.24, 2.45) is 0 Å². The average molecular weight is 298 g/mol. The summed E-state index contributed by atoms with van der Waals surface area (Å²) in [5.74, 6) is 1.07. The highest BCUT2D eigenvalue weighted by molar-refractivity contribution is 6.30. The van der Waals surface area contributed by atoms with Crippen LogP contribution in [0.25, 0.3) is 0 Å². The molecule has 1 heterocycles.